The molecule has 3 aromatic rings. The minimum atomic E-state index is -0.303. The van der Waals surface area contributed by atoms with Gasteiger partial charge in [-0.25, -0.2) is 4.39 Å². The minimum absolute atomic E-state index is 0.0444. The summed E-state index contributed by atoms with van der Waals surface area (Å²) in [6, 6.07) is 25.3. The molecule has 0 aromatic heterocycles. The van der Waals surface area contributed by atoms with Crippen LogP contribution in [-0.4, -0.2) is 61.1 Å². The highest BCUT2D eigenvalue weighted by atomic mass is 19.1. The second kappa shape index (κ2) is 12.1. The molecule has 5 rings (SSSR count). The highest BCUT2D eigenvalue weighted by molar-refractivity contribution is 5.91. The third-order valence-corrected chi connectivity index (χ3v) is 7.12. The molecular weight excluding hydrogens is 465 g/mol. The van der Waals surface area contributed by atoms with Crippen molar-refractivity contribution >= 4 is 17.7 Å². The number of anilines is 1. The van der Waals surface area contributed by atoms with Crippen LogP contribution in [0.1, 0.15) is 24.0 Å². The number of hydrogen-bond donors (Lipinski definition) is 0. The Morgan fingerprint density at radius 3 is 2.38 bits per heavy atom. The number of nitrogens with zero attached hydrogens (tertiary/aromatic N) is 3. The summed E-state index contributed by atoms with van der Waals surface area (Å²) in [5.41, 5.74) is 3.25. The van der Waals surface area contributed by atoms with Gasteiger partial charge in [-0.1, -0.05) is 42.5 Å². The van der Waals surface area contributed by atoms with Gasteiger partial charge in [-0.15, -0.1) is 0 Å². The fourth-order valence-electron chi connectivity index (χ4n) is 5.05. The van der Waals surface area contributed by atoms with Crippen LogP contribution in [0.15, 0.2) is 84.9 Å². The number of ether oxygens (including phenoxy) is 1. The molecular formula is C31H34FN3O2. The number of halogens is 1. The molecule has 3 aromatic carbocycles. The van der Waals surface area contributed by atoms with E-state index in [0.717, 1.165) is 51.3 Å². The predicted molar refractivity (Wildman–Crippen MR) is 146 cm³/mol. The number of para-hydroxylation sites is 1. The van der Waals surface area contributed by atoms with Gasteiger partial charge in [0.05, 0.1) is 0 Å². The van der Waals surface area contributed by atoms with Crippen molar-refractivity contribution in [3.05, 3.63) is 102 Å². The van der Waals surface area contributed by atoms with Crippen LogP contribution in [0.5, 0.6) is 5.75 Å². The van der Waals surface area contributed by atoms with Crippen molar-refractivity contribution in [2.24, 2.45) is 0 Å². The van der Waals surface area contributed by atoms with Crippen LogP contribution in [0.4, 0.5) is 10.1 Å². The first-order valence-electron chi connectivity index (χ1n) is 13.1. The molecule has 2 heterocycles. The highest BCUT2D eigenvalue weighted by Crippen LogP contribution is 2.22. The Hall–Kier alpha value is -3.64. The normalized spacial score (nSPS) is 17.3. The number of hydrogen-bond acceptors (Lipinski definition) is 4. The Morgan fingerprint density at radius 2 is 1.62 bits per heavy atom. The molecule has 2 fully saturated rings. The molecule has 0 spiro atoms. The van der Waals surface area contributed by atoms with Crippen molar-refractivity contribution in [2.45, 2.75) is 25.5 Å². The van der Waals surface area contributed by atoms with E-state index < -0.39 is 0 Å². The maximum Gasteiger partial charge on any atom is 0.246 e. The van der Waals surface area contributed by atoms with E-state index in [4.69, 9.17) is 4.74 Å². The molecule has 2 aliphatic rings. The molecule has 0 saturated carbocycles. The summed E-state index contributed by atoms with van der Waals surface area (Å²) in [6.07, 6.45) is 4.89. The van der Waals surface area contributed by atoms with Gasteiger partial charge >= 0.3 is 0 Å². The average Bonchev–Trinajstić information content (AvgIpc) is 2.93. The number of carbonyl (C=O) groups is 1. The molecule has 6 heteroatoms. The lowest BCUT2D eigenvalue weighted by molar-refractivity contribution is -0.127. The summed E-state index contributed by atoms with van der Waals surface area (Å²) in [6.45, 7) is 6.39. The van der Waals surface area contributed by atoms with Crippen LogP contribution in [0.25, 0.3) is 6.08 Å². The number of likely N-dealkylation sites (tertiary alicyclic amines) is 1. The van der Waals surface area contributed by atoms with E-state index in [2.05, 4.69) is 58.3 Å². The van der Waals surface area contributed by atoms with Gasteiger partial charge in [-0.3, -0.25) is 9.69 Å². The number of amides is 1. The minimum Gasteiger partial charge on any atom is -0.490 e. The highest BCUT2D eigenvalue weighted by Gasteiger charge is 2.23. The second-order valence-electron chi connectivity index (χ2n) is 9.78. The van der Waals surface area contributed by atoms with Gasteiger partial charge in [0.2, 0.25) is 5.91 Å². The van der Waals surface area contributed by atoms with E-state index in [-0.39, 0.29) is 17.8 Å². The lowest BCUT2D eigenvalue weighted by atomic mass is 10.1. The first kappa shape index (κ1) is 25.0. The van der Waals surface area contributed by atoms with Crippen molar-refractivity contribution in [3.8, 4) is 5.75 Å². The Balaban J connectivity index is 1.07. The molecule has 0 aliphatic carbocycles. The third kappa shape index (κ3) is 6.98. The van der Waals surface area contributed by atoms with Crippen LogP contribution >= 0.6 is 0 Å². The van der Waals surface area contributed by atoms with Crippen molar-refractivity contribution in [1.82, 2.24) is 9.80 Å². The standard InChI is InChI=1S/C31H34FN3O2/c32-27-8-4-6-25(22-27)12-13-31(36)35-16-14-29(15-17-35)37-30-11-5-7-26(23-30)24-33-18-20-34(21-19-33)28-9-2-1-3-10-28/h1-13,22-23,29H,14-21,24H2. The van der Waals surface area contributed by atoms with E-state index in [1.807, 2.05) is 11.0 Å². The smallest absolute Gasteiger partial charge is 0.246 e. The van der Waals surface area contributed by atoms with Crippen molar-refractivity contribution < 1.29 is 13.9 Å². The molecule has 5 nitrogen and oxygen atoms in total. The number of carbonyl (C=O) groups excluding carboxylic acids is 1. The van der Waals surface area contributed by atoms with Gasteiger partial charge in [-0.05, 0) is 53.6 Å². The first-order chi connectivity index (χ1) is 18.1. The Bertz CT molecular complexity index is 1200. The SMILES string of the molecule is O=C(C=Cc1cccc(F)c1)N1CCC(Oc2cccc(CN3CCN(c4ccccc4)CC3)c2)CC1. The van der Waals surface area contributed by atoms with Gasteiger partial charge in [0, 0.05) is 70.4 Å². The zero-order valence-electron chi connectivity index (χ0n) is 21.1. The molecule has 2 saturated heterocycles. The van der Waals surface area contributed by atoms with Crippen molar-refractivity contribution in [3.63, 3.8) is 0 Å². The number of piperazine rings is 1. The van der Waals surface area contributed by atoms with Gasteiger partial charge in [-0.2, -0.15) is 0 Å². The van der Waals surface area contributed by atoms with Gasteiger partial charge in [0.25, 0.3) is 0 Å². The molecule has 37 heavy (non-hydrogen) atoms. The van der Waals surface area contributed by atoms with Crippen molar-refractivity contribution in [1.29, 1.82) is 0 Å². The maximum absolute atomic E-state index is 13.3. The molecule has 0 atom stereocenters. The van der Waals surface area contributed by atoms with E-state index in [1.165, 1.54) is 29.5 Å². The van der Waals surface area contributed by atoms with Gasteiger partial charge in [0.1, 0.15) is 17.7 Å². The first-order valence-corrected chi connectivity index (χ1v) is 13.1. The topological polar surface area (TPSA) is 36.0 Å². The monoisotopic (exact) mass is 499 g/mol. The summed E-state index contributed by atoms with van der Waals surface area (Å²) in [7, 11) is 0. The molecule has 1 amide bonds. The molecule has 0 bridgehead atoms. The van der Waals surface area contributed by atoms with Crippen LogP contribution in [0.2, 0.25) is 0 Å². The zero-order chi connectivity index (χ0) is 25.5. The second-order valence-corrected chi connectivity index (χ2v) is 9.78. The molecule has 0 unspecified atom stereocenters. The van der Waals surface area contributed by atoms with Gasteiger partial charge < -0.3 is 14.5 Å². The summed E-state index contributed by atoms with van der Waals surface area (Å²) < 4.78 is 19.6. The average molecular weight is 500 g/mol. The van der Waals surface area contributed by atoms with E-state index >= 15 is 0 Å². The molecule has 0 N–H and O–H groups in total. The Labute approximate surface area is 218 Å². The van der Waals surface area contributed by atoms with Crippen LogP contribution in [0.3, 0.4) is 0 Å². The van der Waals surface area contributed by atoms with Crippen LogP contribution in [-0.2, 0) is 11.3 Å². The number of piperidine rings is 1. The summed E-state index contributed by atoms with van der Waals surface area (Å²) in [5.74, 6) is 0.551. The van der Waals surface area contributed by atoms with E-state index in [0.29, 0.717) is 18.7 Å². The number of benzene rings is 3. The summed E-state index contributed by atoms with van der Waals surface area (Å²) in [4.78, 5) is 19.3. The zero-order valence-corrected chi connectivity index (χ0v) is 21.1. The van der Waals surface area contributed by atoms with Crippen LogP contribution < -0.4 is 9.64 Å². The lowest BCUT2D eigenvalue weighted by Gasteiger charge is -2.36. The van der Waals surface area contributed by atoms with E-state index in [1.54, 1.807) is 18.2 Å². The molecule has 192 valence electrons. The fraction of sp³-hybridized carbons (Fsp3) is 0.323. The third-order valence-electron chi connectivity index (χ3n) is 7.12. The molecule has 0 radical (unpaired) electrons. The van der Waals surface area contributed by atoms with E-state index in [9.17, 15) is 9.18 Å². The van der Waals surface area contributed by atoms with Gasteiger partial charge in [0.15, 0.2) is 0 Å². The molecule has 2 aliphatic heterocycles. The maximum atomic E-state index is 13.3. The number of rotatable bonds is 7. The fourth-order valence-corrected chi connectivity index (χ4v) is 5.05. The van der Waals surface area contributed by atoms with Crippen molar-refractivity contribution in [2.75, 3.05) is 44.2 Å². The Kier molecular flexibility index (Phi) is 8.16. The quantitative estimate of drug-likeness (QED) is 0.417. The predicted octanol–water partition coefficient (Wildman–Crippen LogP) is 5.23. The Morgan fingerprint density at radius 1 is 0.865 bits per heavy atom. The lowest BCUT2D eigenvalue weighted by Crippen LogP contribution is -2.45. The summed E-state index contributed by atoms with van der Waals surface area (Å²) in [5, 5.41) is 0. The largest absolute Gasteiger partial charge is 0.490 e. The van der Waals surface area contributed by atoms with Crippen LogP contribution in [0, 0.1) is 5.82 Å². The summed E-state index contributed by atoms with van der Waals surface area (Å²) >= 11 is 0.